The molecule has 0 aliphatic heterocycles. The van der Waals surface area contributed by atoms with Crippen molar-refractivity contribution in [3.63, 3.8) is 0 Å². The van der Waals surface area contributed by atoms with Crippen molar-refractivity contribution in [3.05, 3.63) is 33.5 Å². The molecule has 7 heteroatoms. The Balaban J connectivity index is 1.40. The molecule has 156 valence electrons. The molecular formula is C22H28N2O4S. The molecule has 5 atom stereocenters. The van der Waals surface area contributed by atoms with Gasteiger partial charge in [0.25, 0.3) is 5.91 Å². The van der Waals surface area contributed by atoms with Gasteiger partial charge in [-0.3, -0.25) is 25.2 Å². The van der Waals surface area contributed by atoms with Gasteiger partial charge in [0.05, 0.1) is 17.4 Å². The number of allylic oxidation sites excluding steroid dienone is 2. The summed E-state index contributed by atoms with van der Waals surface area (Å²) in [5, 5.41) is 11.4. The van der Waals surface area contributed by atoms with Crippen molar-refractivity contribution in [2.24, 2.45) is 35.0 Å². The molecule has 0 saturated heterocycles. The fourth-order valence-electron chi connectivity index (χ4n) is 5.23. The molecule has 1 fully saturated rings. The van der Waals surface area contributed by atoms with E-state index in [1.54, 1.807) is 11.3 Å². The van der Waals surface area contributed by atoms with Gasteiger partial charge in [0, 0.05) is 10.3 Å². The monoisotopic (exact) mass is 416 g/mol. The Morgan fingerprint density at radius 1 is 1.10 bits per heavy atom. The number of carbonyl (C=O) groups excluding carboxylic acids is 2. The summed E-state index contributed by atoms with van der Waals surface area (Å²) in [5.41, 5.74) is 6.97. The number of thiophene rings is 1. The van der Waals surface area contributed by atoms with Crippen LogP contribution in [-0.2, 0) is 22.4 Å². The zero-order chi connectivity index (χ0) is 20.9. The predicted octanol–water partition coefficient (Wildman–Crippen LogP) is 3.18. The first-order valence-electron chi connectivity index (χ1n) is 10.3. The van der Waals surface area contributed by atoms with Crippen LogP contribution >= 0.6 is 11.3 Å². The highest BCUT2D eigenvalue weighted by atomic mass is 32.1. The Bertz CT molecular complexity index is 882. The average molecular weight is 417 g/mol. The van der Waals surface area contributed by atoms with Crippen molar-refractivity contribution in [1.82, 2.24) is 10.9 Å². The number of nitrogens with one attached hydrogen (secondary N) is 2. The molecule has 1 aromatic rings. The number of hydrogen-bond acceptors (Lipinski definition) is 4. The van der Waals surface area contributed by atoms with Crippen LogP contribution in [0.2, 0.25) is 0 Å². The summed E-state index contributed by atoms with van der Waals surface area (Å²) in [5.74, 6) is -2.60. The summed E-state index contributed by atoms with van der Waals surface area (Å²) in [7, 11) is 0. The molecule has 3 aliphatic rings. The second-order valence-corrected chi connectivity index (χ2v) is 10.6. The largest absolute Gasteiger partial charge is 0.481 e. The summed E-state index contributed by atoms with van der Waals surface area (Å²) in [6.45, 7) is 6.78. The molecule has 4 rings (SSSR count). The molecule has 2 bridgehead atoms. The van der Waals surface area contributed by atoms with Crippen LogP contribution in [0.3, 0.4) is 0 Å². The molecule has 3 aliphatic carbocycles. The van der Waals surface area contributed by atoms with Crippen LogP contribution in [0, 0.1) is 35.0 Å². The first-order valence-corrected chi connectivity index (χ1v) is 11.2. The number of carbonyl (C=O) groups is 3. The van der Waals surface area contributed by atoms with Crippen molar-refractivity contribution in [1.29, 1.82) is 0 Å². The minimum Gasteiger partial charge on any atom is -0.481 e. The van der Waals surface area contributed by atoms with Crippen molar-refractivity contribution in [2.75, 3.05) is 0 Å². The second-order valence-electron chi connectivity index (χ2n) is 9.64. The number of hydrogen-bond donors (Lipinski definition) is 3. The summed E-state index contributed by atoms with van der Waals surface area (Å²) in [6.07, 6.45) is 7.43. The van der Waals surface area contributed by atoms with E-state index in [0.29, 0.717) is 17.9 Å². The quantitative estimate of drug-likeness (QED) is 0.521. The van der Waals surface area contributed by atoms with Gasteiger partial charge in [0.15, 0.2) is 0 Å². The lowest BCUT2D eigenvalue weighted by molar-refractivity contribution is -0.148. The number of rotatable bonds is 3. The minimum absolute atomic E-state index is 0.0683. The number of fused-ring (bicyclic) bond motifs is 3. The predicted molar refractivity (Wildman–Crippen MR) is 110 cm³/mol. The Labute approximate surface area is 174 Å². The van der Waals surface area contributed by atoms with E-state index in [1.165, 1.54) is 4.88 Å². The standard InChI is InChI=1S/C22H28N2O4S/c1-22(2,3)13-6-7-14-15(10-29-16(14)9-13)19(25)23-24-20(26)17-11-4-5-12(8-11)18(17)21(27)28/h4-5,10-13,17-18H,6-9H2,1-3H3,(H,23,25)(H,24,26)(H,27,28)/t11-,12-,13-,17+,18-/m0/s1. The molecule has 1 aromatic heterocycles. The van der Waals surface area contributed by atoms with E-state index < -0.39 is 23.7 Å². The van der Waals surface area contributed by atoms with Crippen molar-refractivity contribution < 1.29 is 19.5 Å². The average Bonchev–Trinajstić information content (AvgIpc) is 3.37. The third-order valence-electron chi connectivity index (χ3n) is 6.97. The number of carboxylic acid groups (broad SMARTS) is 1. The molecule has 1 heterocycles. The van der Waals surface area contributed by atoms with E-state index in [4.69, 9.17) is 0 Å². The second kappa shape index (κ2) is 7.27. The van der Waals surface area contributed by atoms with Crippen LogP contribution in [0.4, 0.5) is 0 Å². The minimum atomic E-state index is -0.950. The van der Waals surface area contributed by atoms with Crippen molar-refractivity contribution in [2.45, 2.75) is 46.5 Å². The van der Waals surface area contributed by atoms with Gasteiger partial charge in [-0.25, -0.2) is 0 Å². The molecule has 3 N–H and O–H groups in total. The fourth-order valence-corrected chi connectivity index (χ4v) is 6.39. The maximum absolute atomic E-state index is 12.7. The molecule has 0 radical (unpaired) electrons. The van der Waals surface area contributed by atoms with E-state index in [-0.39, 0.29) is 23.2 Å². The molecule has 6 nitrogen and oxygen atoms in total. The van der Waals surface area contributed by atoms with Gasteiger partial charge in [0.2, 0.25) is 5.91 Å². The van der Waals surface area contributed by atoms with Crippen LogP contribution in [0.25, 0.3) is 0 Å². The lowest BCUT2D eigenvalue weighted by Crippen LogP contribution is -2.48. The van der Waals surface area contributed by atoms with Crippen molar-refractivity contribution >= 4 is 29.1 Å². The van der Waals surface area contributed by atoms with E-state index in [1.807, 2.05) is 17.5 Å². The maximum atomic E-state index is 12.7. The zero-order valence-corrected chi connectivity index (χ0v) is 17.8. The van der Waals surface area contributed by atoms with E-state index in [2.05, 4.69) is 31.6 Å². The molecular weight excluding hydrogens is 388 g/mol. The van der Waals surface area contributed by atoms with Gasteiger partial charge in [-0.2, -0.15) is 0 Å². The van der Waals surface area contributed by atoms with Gasteiger partial charge in [-0.15, -0.1) is 11.3 Å². The highest BCUT2D eigenvalue weighted by Gasteiger charge is 2.51. The first-order chi connectivity index (χ1) is 13.7. The first kappa shape index (κ1) is 20.1. The maximum Gasteiger partial charge on any atom is 0.307 e. The third kappa shape index (κ3) is 3.61. The summed E-state index contributed by atoms with van der Waals surface area (Å²) < 4.78 is 0. The van der Waals surface area contributed by atoms with E-state index in [0.717, 1.165) is 24.8 Å². The Morgan fingerprint density at radius 2 is 1.79 bits per heavy atom. The topological polar surface area (TPSA) is 95.5 Å². The number of aliphatic carboxylic acids is 1. The van der Waals surface area contributed by atoms with Gasteiger partial charge >= 0.3 is 5.97 Å². The van der Waals surface area contributed by atoms with Crippen LogP contribution in [0.1, 0.15) is 54.4 Å². The molecule has 0 unspecified atom stereocenters. The molecule has 29 heavy (non-hydrogen) atoms. The van der Waals surface area contributed by atoms with E-state index in [9.17, 15) is 19.5 Å². The summed E-state index contributed by atoms with van der Waals surface area (Å²) in [4.78, 5) is 38.2. The normalized spacial score (nSPS) is 30.1. The zero-order valence-electron chi connectivity index (χ0n) is 17.0. The fraction of sp³-hybridized carbons (Fsp3) is 0.591. The Hall–Kier alpha value is -2.15. The Kier molecular flexibility index (Phi) is 5.05. The van der Waals surface area contributed by atoms with Crippen LogP contribution < -0.4 is 10.9 Å². The van der Waals surface area contributed by atoms with Crippen LogP contribution in [0.5, 0.6) is 0 Å². The highest BCUT2D eigenvalue weighted by molar-refractivity contribution is 7.10. The van der Waals surface area contributed by atoms with Gasteiger partial charge in [0.1, 0.15) is 0 Å². The highest BCUT2D eigenvalue weighted by Crippen LogP contribution is 2.48. The van der Waals surface area contributed by atoms with Gasteiger partial charge < -0.3 is 5.11 Å². The smallest absolute Gasteiger partial charge is 0.307 e. The van der Waals surface area contributed by atoms with E-state index >= 15 is 0 Å². The van der Waals surface area contributed by atoms with Gasteiger partial charge in [-0.05, 0) is 54.4 Å². The van der Waals surface area contributed by atoms with Crippen LogP contribution in [0.15, 0.2) is 17.5 Å². The molecule has 0 aromatic carbocycles. The lowest BCUT2D eigenvalue weighted by atomic mass is 9.72. The van der Waals surface area contributed by atoms with Gasteiger partial charge in [-0.1, -0.05) is 32.9 Å². The molecule has 1 saturated carbocycles. The number of carboxylic acids is 1. The van der Waals surface area contributed by atoms with Crippen LogP contribution in [-0.4, -0.2) is 22.9 Å². The SMILES string of the molecule is CC(C)(C)[C@H]1CCc2c(C(=O)NNC(=O)[C@H]3[C@@H](C(=O)O)[C@H]4C=C[C@H]3C4)csc2C1. The lowest BCUT2D eigenvalue weighted by Gasteiger charge is -2.34. The summed E-state index contributed by atoms with van der Waals surface area (Å²) in [6, 6.07) is 0. The molecule has 0 spiro atoms. The van der Waals surface area contributed by atoms with Crippen molar-refractivity contribution in [3.8, 4) is 0 Å². The summed E-state index contributed by atoms with van der Waals surface area (Å²) >= 11 is 1.61. The number of hydrazine groups is 1. The molecule has 2 amide bonds. The Morgan fingerprint density at radius 3 is 2.45 bits per heavy atom. The third-order valence-corrected chi connectivity index (χ3v) is 8.02. The number of amides is 2.